The molecular formula is C12H12N4S2. The number of hydrogen-bond acceptors (Lipinski definition) is 6. The van der Waals surface area contributed by atoms with Gasteiger partial charge in [-0.25, -0.2) is 9.97 Å². The zero-order valence-electron chi connectivity index (χ0n) is 9.83. The summed E-state index contributed by atoms with van der Waals surface area (Å²) in [5.74, 6) is 0. The fraction of sp³-hybridized carbons (Fsp3) is 0.167. The van der Waals surface area contributed by atoms with Crippen LogP contribution in [-0.4, -0.2) is 17.0 Å². The molecule has 2 N–H and O–H groups in total. The van der Waals surface area contributed by atoms with Gasteiger partial charge in [0.2, 0.25) is 0 Å². The molecule has 92 valence electrons. The quantitative estimate of drug-likeness (QED) is 0.747. The van der Waals surface area contributed by atoms with E-state index in [9.17, 15) is 0 Å². The van der Waals surface area contributed by atoms with Crippen LogP contribution in [0, 0.1) is 0 Å². The summed E-state index contributed by atoms with van der Waals surface area (Å²) in [5.41, 5.74) is 13.5. The topological polar surface area (TPSA) is 55.0 Å². The van der Waals surface area contributed by atoms with Crippen molar-refractivity contribution in [2.45, 2.75) is 6.54 Å². The van der Waals surface area contributed by atoms with Crippen LogP contribution in [0.3, 0.4) is 0 Å². The summed E-state index contributed by atoms with van der Waals surface area (Å²) in [6.45, 7) is 0.753. The molecule has 4 nitrogen and oxygen atoms in total. The lowest BCUT2D eigenvalue weighted by Crippen LogP contribution is -2.18. The minimum Gasteiger partial charge on any atom is -0.395 e. The van der Waals surface area contributed by atoms with E-state index in [1.807, 2.05) is 29.5 Å². The van der Waals surface area contributed by atoms with Crippen molar-refractivity contribution in [3.63, 3.8) is 0 Å². The smallest absolute Gasteiger partial charge is 0.106 e. The van der Waals surface area contributed by atoms with Crippen molar-refractivity contribution in [1.82, 2.24) is 9.97 Å². The fourth-order valence-corrected chi connectivity index (χ4v) is 3.16. The van der Waals surface area contributed by atoms with E-state index < -0.39 is 0 Å². The zero-order chi connectivity index (χ0) is 12.5. The maximum Gasteiger partial charge on any atom is 0.106 e. The Bertz CT molecular complexity index is 660. The Kier molecular flexibility index (Phi) is 2.89. The second-order valence-corrected chi connectivity index (χ2v) is 5.64. The molecule has 2 aromatic heterocycles. The van der Waals surface area contributed by atoms with Crippen molar-refractivity contribution < 1.29 is 0 Å². The van der Waals surface area contributed by atoms with E-state index in [1.54, 1.807) is 22.7 Å². The van der Waals surface area contributed by atoms with Crippen molar-refractivity contribution in [2.75, 3.05) is 17.7 Å². The Morgan fingerprint density at radius 1 is 1.28 bits per heavy atom. The number of hydrogen-bond donors (Lipinski definition) is 1. The third-order valence-corrected chi connectivity index (χ3v) is 4.24. The average Bonchev–Trinajstić information content (AvgIpc) is 2.99. The Morgan fingerprint density at radius 3 is 2.94 bits per heavy atom. The van der Waals surface area contributed by atoms with Crippen LogP contribution >= 0.6 is 22.7 Å². The molecule has 0 saturated heterocycles. The fourth-order valence-electron chi connectivity index (χ4n) is 1.92. The van der Waals surface area contributed by atoms with E-state index in [1.165, 1.54) is 0 Å². The first-order valence-electron chi connectivity index (χ1n) is 5.45. The Labute approximate surface area is 113 Å². The number of nitrogens with zero attached hydrogens (tertiary/aromatic N) is 3. The molecule has 0 spiro atoms. The lowest BCUT2D eigenvalue weighted by atomic mass is 10.2. The maximum absolute atomic E-state index is 6.18. The van der Waals surface area contributed by atoms with E-state index in [2.05, 4.69) is 20.9 Å². The number of fused-ring (bicyclic) bond motifs is 1. The predicted octanol–water partition coefficient (Wildman–Crippen LogP) is 2.97. The molecule has 0 radical (unpaired) electrons. The summed E-state index contributed by atoms with van der Waals surface area (Å²) in [5, 5.41) is 2.05. The zero-order valence-corrected chi connectivity index (χ0v) is 11.5. The highest BCUT2D eigenvalue weighted by Crippen LogP contribution is 2.32. The number of nitrogen functional groups attached to an aromatic ring is 1. The normalized spacial score (nSPS) is 10.9. The molecule has 0 aliphatic carbocycles. The number of rotatable bonds is 3. The number of benzene rings is 1. The van der Waals surface area contributed by atoms with Crippen molar-refractivity contribution in [3.8, 4) is 0 Å². The molecular weight excluding hydrogens is 264 g/mol. The molecule has 2 heterocycles. The molecule has 1 aromatic carbocycles. The molecule has 0 amide bonds. The molecule has 0 aliphatic heterocycles. The monoisotopic (exact) mass is 276 g/mol. The molecule has 3 aromatic rings. The number of nitrogens with two attached hydrogens (primary N) is 1. The van der Waals surface area contributed by atoms with Crippen LogP contribution in [-0.2, 0) is 6.54 Å². The predicted molar refractivity (Wildman–Crippen MR) is 78.3 cm³/mol. The molecule has 0 saturated carbocycles. The van der Waals surface area contributed by atoms with Crippen LogP contribution < -0.4 is 10.6 Å². The molecule has 0 unspecified atom stereocenters. The average molecular weight is 276 g/mol. The first-order valence-corrected chi connectivity index (χ1v) is 7.28. The molecule has 6 heteroatoms. The van der Waals surface area contributed by atoms with Crippen molar-refractivity contribution in [1.29, 1.82) is 0 Å². The summed E-state index contributed by atoms with van der Waals surface area (Å²) in [4.78, 5) is 10.7. The molecule has 0 bridgehead atoms. The molecule has 18 heavy (non-hydrogen) atoms. The van der Waals surface area contributed by atoms with E-state index in [0.717, 1.165) is 33.8 Å². The van der Waals surface area contributed by atoms with Gasteiger partial charge in [0.05, 0.1) is 39.3 Å². The minimum atomic E-state index is 0.742. The van der Waals surface area contributed by atoms with Gasteiger partial charge in [-0.1, -0.05) is 0 Å². The number of anilines is 2. The molecule has 0 aliphatic rings. The van der Waals surface area contributed by atoms with E-state index >= 15 is 0 Å². The van der Waals surface area contributed by atoms with E-state index in [0.29, 0.717) is 0 Å². The largest absolute Gasteiger partial charge is 0.395 e. The van der Waals surface area contributed by atoms with Crippen molar-refractivity contribution in [3.05, 3.63) is 34.2 Å². The van der Waals surface area contributed by atoms with Gasteiger partial charge >= 0.3 is 0 Å². The third-order valence-electron chi connectivity index (χ3n) is 2.81. The molecule has 3 rings (SSSR count). The SMILES string of the molecule is CN(Cc1cscn1)c1ccc2scnc2c1N. The van der Waals surface area contributed by atoms with Crippen LogP contribution in [0.15, 0.2) is 28.5 Å². The van der Waals surface area contributed by atoms with Crippen LogP contribution in [0.5, 0.6) is 0 Å². The maximum atomic E-state index is 6.18. The third kappa shape index (κ3) is 1.93. The van der Waals surface area contributed by atoms with Gasteiger partial charge in [0.25, 0.3) is 0 Å². The summed E-state index contributed by atoms with van der Waals surface area (Å²) in [6, 6.07) is 4.11. The first-order chi connectivity index (χ1) is 8.75. The Morgan fingerprint density at radius 2 is 2.17 bits per heavy atom. The van der Waals surface area contributed by atoms with Gasteiger partial charge in [0.1, 0.15) is 5.52 Å². The van der Waals surface area contributed by atoms with Gasteiger partial charge in [0, 0.05) is 12.4 Å². The summed E-state index contributed by atoms with van der Waals surface area (Å²) in [6.07, 6.45) is 0. The van der Waals surface area contributed by atoms with Gasteiger partial charge < -0.3 is 10.6 Å². The number of thiazole rings is 2. The first kappa shape index (κ1) is 11.4. The van der Waals surface area contributed by atoms with Crippen LogP contribution in [0.4, 0.5) is 11.4 Å². The molecule has 0 fully saturated rings. The number of aromatic nitrogens is 2. The lowest BCUT2D eigenvalue weighted by molar-refractivity contribution is 0.897. The van der Waals surface area contributed by atoms with Crippen LogP contribution in [0.25, 0.3) is 10.2 Å². The second-order valence-electron chi connectivity index (χ2n) is 4.03. The standard InChI is InChI=1S/C12H12N4S2/c1-16(4-8-5-17-6-14-8)9-2-3-10-12(11(9)13)15-7-18-10/h2-3,5-7H,4,13H2,1H3. The summed E-state index contributed by atoms with van der Waals surface area (Å²) in [7, 11) is 2.02. The Balaban J connectivity index is 1.95. The van der Waals surface area contributed by atoms with Gasteiger partial charge in [-0.3, -0.25) is 0 Å². The van der Waals surface area contributed by atoms with Gasteiger partial charge in [-0.15, -0.1) is 22.7 Å². The summed E-state index contributed by atoms with van der Waals surface area (Å²) < 4.78 is 1.12. The highest BCUT2D eigenvalue weighted by atomic mass is 32.1. The second kappa shape index (κ2) is 4.55. The highest BCUT2D eigenvalue weighted by Gasteiger charge is 2.11. The van der Waals surface area contributed by atoms with Gasteiger partial charge in [-0.2, -0.15) is 0 Å². The minimum absolute atomic E-state index is 0.742. The summed E-state index contributed by atoms with van der Waals surface area (Å²) >= 11 is 3.21. The molecule has 0 atom stereocenters. The van der Waals surface area contributed by atoms with Gasteiger partial charge in [0.15, 0.2) is 0 Å². The lowest BCUT2D eigenvalue weighted by Gasteiger charge is -2.20. The Hall–Kier alpha value is -1.66. The highest BCUT2D eigenvalue weighted by molar-refractivity contribution is 7.16. The van der Waals surface area contributed by atoms with E-state index in [4.69, 9.17) is 5.73 Å². The van der Waals surface area contributed by atoms with Crippen molar-refractivity contribution in [2.24, 2.45) is 0 Å². The van der Waals surface area contributed by atoms with Crippen LogP contribution in [0.2, 0.25) is 0 Å². The van der Waals surface area contributed by atoms with Crippen LogP contribution in [0.1, 0.15) is 5.69 Å². The van der Waals surface area contributed by atoms with E-state index in [-0.39, 0.29) is 0 Å². The van der Waals surface area contributed by atoms with Crippen molar-refractivity contribution >= 4 is 44.3 Å². The van der Waals surface area contributed by atoms with Gasteiger partial charge in [-0.05, 0) is 12.1 Å².